The zero-order chi connectivity index (χ0) is 11.9. The van der Waals surface area contributed by atoms with E-state index in [0.717, 1.165) is 0 Å². The van der Waals surface area contributed by atoms with Crippen LogP contribution in [-0.2, 0) is 15.5 Å². The number of ether oxygens (including phenoxy) is 1. The Morgan fingerprint density at radius 3 is 2.47 bits per heavy atom. The van der Waals surface area contributed by atoms with Crippen LogP contribution in [0.25, 0.3) is 0 Å². The van der Waals surface area contributed by atoms with Crippen LogP contribution >= 0.6 is 0 Å². The summed E-state index contributed by atoms with van der Waals surface area (Å²) >= 11 is 0. The van der Waals surface area contributed by atoms with E-state index in [1.807, 2.05) is 6.92 Å². The molecule has 2 unspecified atom stereocenters. The molecule has 0 bridgehead atoms. The van der Waals surface area contributed by atoms with Gasteiger partial charge in [0.05, 0.1) is 6.61 Å². The smallest absolute Gasteiger partial charge is 0.314 e. The second kappa shape index (κ2) is 7.19. The molecule has 92 valence electrons. The third-order valence-electron chi connectivity index (χ3n) is 1.84. The van der Waals surface area contributed by atoms with E-state index in [2.05, 4.69) is 10.1 Å². The average Bonchev–Trinajstić information content (AvgIpc) is 2.08. The van der Waals surface area contributed by atoms with Crippen LogP contribution in [0, 0.1) is 0 Å². The maximum atomic E-state index is 11.5. The predicted molar refractivity (Wildman–Crippen MR) is 53.0 cm³/mol. The molecule has 0 spiro atoms. The molecule has 0 heterocycles. The summed E-state index contributed by atoms with van der Waals surface area (Å²) < 4.78 is 49.0. The molecule has 0 aliphatic heterocycles. The van der Waals surface area contributed by atoms with E-state index in [4.69, 9.17) is 0 Å². The molecule has 1 N–H and O–H groups in total. The van der Waals surface area contributed by atoms with Gasteiger partial charge in [-0.2, -0.15) is 0 Å². The number of alkyl halides is 3. The number of rotatable bonds is 7. The Balaban J connectivity index is 3.29. The highest BCUT2D eigenvalue weighted by Crippen LogP contribution is 2.15. The molecule has 0 saturated heterocycles. The van der Waals surface area contributed by atoms with Gasteiger partial charge in [-0.1, -0.05) is 6.92 Å². The van der Waals surface area contributed by atoms with Gasteiger partial charge in [0.25, 0.3) is 0 Å². The lowest BCUT2D eigenvalue weighted by Crippen LogP contribution is -2.27. The van der Waals surface area contributed by atoms with Crippen LogP contribution in [0.5, 0.6) is 0 Å². The SMILES string of the molecule is CC(CCNCCOC(F)(F)F)S(C)=O. The van der Waals surface area contributed by atoms with Gasteiger partial charge in [0.15, 0.2) is 0 Å². The third-order valence-corrected chi connectivity index (χ3v) is 3.21. The molecule has 3 nitrogen and oxygen atoms in total. The minimum atomic E-state index is -4.56. The zero-order valence-corrected chi connectivity index (χ0v) is 9.58. The highest BCUT2D eigenvalue weighted by Gasteiger charge is 2.28. The van der Waals surface area contributed by atoms with Gasteiger partial charge < -0.3 is 5.32 Å². The second-order valence-corrected chi connectivity index (χ2v) is 4.94. The lowest BCUT2D eigenvalue weighted by Gasteiger charge is -2.10. The van der Waals surface area contributed by atoms with Gasteiger partial charge in [0.2, 0.25) is 0 Å². The van der Waals surface area contributed by atoms with Gasteiger partial charge >= 0.3 is 6.36 Å². The summed E-state index contributed by atoms with van der Waals surface area (Å²) in [6.45, 7) is 2.13. The Kier molecular flexibility index (Phi) is 7.12. The molecule has 15 heavy (non-hydrogen) atoms. The fraction of sp³-hybridized carbons (Fsp3) is 1.00. The van der Waals surface area contributed by atoms with Crippen molar-refractivity contribution < 1.29 is 22.1 Å². The molecule has 0 radical (unpaired) electrons. The lowest BCUT2D eigenvalue weighted by molar-refractivity contribution is -0.323. The number of nitrogens with one attached hydrogen (secondary N) is 1. The van der Waals surface area contributed by atoms with Crippen LogP contribution in [0.2, 0.25) is 0 Å². The van der Waals surface area contributed by atoms with Gasteiger partial charge in [-0.05, 0) is 13.0 Å². The maximum Gasteiger partial charge on any atom is 0.522 e. The van der Waals surface area contributed by atoms with E-state index in [1.165, 1.54) is 0 Å². The molecule has 0 fully saturated rings. The molecule has 0 aliphatic rings. The molecular formula is C8H16F3NO2S. The number of halogens is 3. The van der Waals surface area contributed by atoms with Gasteiger partial charge in [-0.25, -0.2) is 0 Å². The zero-order valence-electron chi connectivity index (χ0n) is 8.76. The number of hydrogen-bond donors (Lipinski definition) is 1. The Hall–Kier alpha value is -0.140. The van der Waals surface area contributed by atoms with Crippen molar-refractivity contribution in [2.24, 2.45) is 0 Å². The summed E-state index contributed by atoms with van der Waals surface area (Å²) in [7, 11) is -0.883. The fourth-order valence-corrected chi connectivity index (χ4v) is 1.28. The molecule has 0 aliphatic carbocycles. The molecule has 0 aromatic rings. The van der Waals surface area contributed by atoms with E-state index in [-0.39, 0.29) is 11.8 Å². The summed E-state index contributed by atoms with van der Waals surface area (Å²) in [6, 6.07) is 0. The molecule has 0 amide bonds. The van der Waals surface area contributed by atoms with Crippen molar-refractivity contribution in [3.05, 3.63) is 0 Å². The summed E-state index contributed by atoms with van der Waals surface area (Å²) in [5.41, 5.74) is 0. The van der Waals surface area contributed by atoms with Gasteiger partial charge in [-0.15, -0.1) is 13.2 Å². The third kappa shape index (κ3) is 10.1. The summed E-state index contributed by atoms with van der Waals surface area (Å²) in [6.07, 6.45) is -2.27. The first-order chi connectivity index (χ1) is 6.83. The average molecular weight is 247 g/mol. The monoisotopic (exact) mass is 247 g/mol. The van der Waals surface area contributed by atoms with E-state index >= 15 is 0 Å². The van der Waals surface area contributed by atoms with Crippen molar-refractivity contribution >= 4 is 10.8 Å². The van der Waals surface area contributed by atoms with Crippen molar-refractivity contribution in [1.29, 1.82) is 0 Å². The topological polar surface area (TPSA) is 38.3 Å². The van der Waals surface area contributed by atoms with Crippen LogP contribution in [-0.4, -0.2) is 41.8 Å². The largest absolute Gasteiger partial charge is 0.522 e. The van der Waals surface area contributed by atoms with Crippen molar-refractivity contribution in [2.75, 3.05) is 26.0 Å². The first kappa shape index (κ1) is 14.9. The van der Waals surface area contributed by atoms with Crippen molar-refractivity contribution in [1.82, 2.24) is 5.32 Å². The predicted octanol–water partition coefficient (Wildman–Crippen LogP) is 1.27. The van der Waals surface area contributed by atoms with E-state index in [1.54, 1.807) is 6.26 Å². The van der Waals surface area contributed by atoms with Crippen LogP contribution < -0.4 is 5.32 Å². The molecule has 7 heteroatoms. The summed E-state index contributed by atoms with van der Waals surface area (Å²) in [5, 5.41) is 2.84. The molecule has 0 aromatic carbocycles. The Bertz CT molecular complexity index is 199. The van der Waals surface area contributed by atoms with E-state index in [0.29, 0.717) is 13.0 Å². The normalized spacial score (nSPS) is 16.3. The molecule has 0 aromatic heterocycles. The van der Waals surface area contributed by atoms with Gasteiger partial charge in [0, 0.05) is 28.9 Å². The molecule has 0 rings (SSSR count). The Morgan fingerprint density at radius 2 is 2.00 bits per heavy atom. The van der Waals surface area contributed by atoms with Crippen LogP contribution in [0.3, 0.4) is 0 Å². The summed E-state index contributed by atoms with van der Waals surface area (Å²) in [4.78, 5) is 0. The number of hydrogen-bond acceptors (Lipinski definition) is 3. The molecule has 0 saturated carbocycles. The van der Waals surface area contributed by atoms with Gasteiger partial charge in [-0.3, -0.25) is 8.95 Å². The lowest BCUT2D eigenvalue weighted by atomic mass is 10.3. The van der Waals surface area contributed by atoms with Crippen molar-refractivity contribution in [2.45, 2.75) is 25.0 Å². The molecule has 2 atom stereocenters. The highest BCUT2D eigenvalue weighted by molar-refractivity contribution is 7.84. The van der Waals surface area contributed by atoms with Crippen LogP contribution in [0.4, 0.5) is 13.2 Å². The molecular weight excluding hydrogens is 231 g/mol. The van der Waals surface area contributed by atoms with E-state index < -0.39 is 23.8 Å². The Morgan fingerprint density at radius 1 is 1.40 bits per heavy atom. The second-order valence-electron chi connectivity index (χ2n) is 3.14. The fourth-order valence-electron chi connectivity index (χ4n) is 0.835. The minimum absolute atomic E-state index is 0.0565. The maximum absolute atomic E-state index is 11.5. The quantitative estimate of drug-likeness (QED) is 0.688. The minimum Gasteiger partial charge on any atom is -0.314 e. The Labute approximate surface area is 89.8 Å². The van der Waals surface area contributed by atoms with Gasteiger partial charge in [0.1, 0.15) is 0 Å². The first-order valence-electron chi connectivity index (χ1n) is 4.56. The first-order valence-corrected chi connectivity index (χ1v) is 6.18. The van der Waals surface area contributed by atoms with Crippen molar-refractivity contribution in [3.63, 3.8) is 0 Å². The summed E-state index contributed by atoms with van der Waals surface area (Å²) in [5.74, 6) is 0. The van der Waals surface area contributed by atoms with Crippen molar-refractivity contribution in [3.8, 4) is 0 Å². The van der Waals surface area contributed by atoms with Crippen LogP contribution in [0.15, 0.2) is 0 Å². The highest BCUT2D eigenvalue weighted by atomic mass is 32.2. The standard InChI is InChI=1S/C8H16F3NO2S/c1-7(15(2)13)3-4-12-5-6-14-8(9,10)11/h7,12H,3-6H2,1-2H3. The van der Waals surface area contributed by atoms with Crippen LogP contribution in [0.1, 0.15) is 13.3 Å². The van der Waals surface area contributed by atoms with E-state index in [9.17, 15) is 17.4 Å².